The second-order valence-electron chi connectivity index (χ2n) is 4.70. The van der Waals surface area contributed by atoms with Crippen LogP contribution in [0.15, 0.2) is 18.2 Å². The van der Waals surface area contributed by atoms with Crippen LogP contribution in [0, 0.1) is 11.7 Å². The Morgan fingerprint density at radius 3 is 2.80 bits per heavy atom. The summed E-state index contributed by atoms with van der Waals surface area (Å²) in [7, 11) is 0. The summed E-state index contributed by atoms with van der Waals surface area (Å²) in [6.45, 7) is 1.99. The molecule has 1 aliphatic rings. The van der Waals surface area contributed by atoms with Gasteiger partial charge < -0.3 is 15.3 Å². The van der Waals surface area contributed by atoms with Crippen molar-refractivity contribution in [2.75, 3.05) is 11.9 Å². The molecule has 0 aliphatic carbocycles. The molecule has 2 amide bonds. The smallest absolute Gasteiger partial charge is 0.322 e. The number of hydrogen-bond acceptors (Lipinski definition) is 2. The average molecular weight is 301 g/mol. The normalized spacial score (nSPS) is 21.9. The number of rotatable bonds is 2. The maximum Gasteiger partial charge on any atom is 0.322 e. The van der Waals surface area contributed by atoms with Crippen LogP contribution in [0.25, 0.3) is 0 Å². The molecule has 1 fully saturated rings. The summed E-state index contributed by atoms with van der Waals surface area (Å²) in [4.78, 5) is 24.5. The number of nitrogens with zero attached hydrogens (tertiary/aromatic N) is 1. The lowest BCUT2D eigenvalue weighted by molar-refractivity contribution is -0.142. The fourth-order valence-electron chi connectivity index (χ4n) is 2.34. The number of aliphatic carboxylic acids is 1. The molecular weight excluding hydrogens is 287 g/mol. The Morgan fingerprint density at radius 2 is 2.20 bits per heavy atom. The molecule has 5 nitrogen and oxygen atoms in total. The molecule has 2 atom stereocenters. The topological polar surface area (TPSA) is 69.6 Å². The molecule has 7 heteroatoms. The molecule has 0 aromatic heterocycles. The van der Waals surface area contributed by atoms with Gasteiger partial charge in [0.2, 0.25) is 0 Å². The summed E-state index contributed by atoms with van der Waals surface area (Å²) < 4.78 is 13.7. The Hall–Kier alpha value is -1.82. The number of halogens is 2. The lowest BCUT2D eigenvalue weighted by atomic mass is 10.0. The summed E-state index contributed by atoms with van der Waals surface area (Å²) >= 11 is 5.63. The highest BCUT2D eigenvalue weighted by molar-refractivity contribution is 6.31. The van der Waals surface area contributed by atoms with E-state index in [1.54, 1.807) is 6.92 Å². The van der Waals surface area contributed by atoms with Crippen LogP contribution in [-0.4, -0.2) is 34.6 Å². The molecule has 2 N–H and O–H groups in total. The number of carboxylic acid groups (broad SMARTS) is 1. The van der Waals surface area contributed by atoms with E-state index in [2.05, 4.69) is 5.32 Å². The highest BCUT2D eigenvalue weighted by atomic mass is 35.5. The Kier molecular flexibility index (Phi) is 4.13. The second-order valence-corrected chi connectivity index (χ2v) is 5.11. The molecule has 1 aromatic carbocycles. The highest BCUT2D eigenvalue weighted by Gasteiger charge is 2.38. The molecule has 0 bridgehead atoms. The van der Waals surface area contributed by atoms with Gasteiger partial charge in [-0.1, -0.05) is 17.7 Å². The predicted octanol–water partition coefficient (Wildman–Crippen LogP) is 2.81. The van der Waals surface area contributed by atoms with Crippen molar-refractivity contribution in [3.05, 3.63) is 29.0 Å². The van der Waals surface area contributed by atoms with E-state index in [1.165, 1.54) is 23.1 Å². The minimum atomic E-state index is -0.929. The van der Waals surface area contributed by atoms with Crippen molar-refractivity contribution in [2.45, 2.75) is 19.4 Å². The summed E-state index contributed by atoms with van der Waals surface area (Å²) in [5.74, 6) is -2.23. The monoisotopic (exact) mass is 300 g/mol. The predicted molar refractivity (Wildman–Crippen MR) is 72.3 cm³/mol. The number of amides is 2. The van der Waals surface area contributed by atoms with Crippen molar-refractivity contribution in [3.8, 4) is 0 Å². The second kappa shape index (κ2) is 5.66. The van der Waals surface area contributed by atoms with Gasteiger partial charge in [0.15, 0.2) is 5.82 Å². The van der Waals surface area contributed by atoms with E-state index in [0.29, 0.717) is 13.0 Å². The van der Waals surface area contributed by atoms with Gasteiger partial charge in [0.05, 0.1) is 16.6 Å². The van der Waals surface area contributed by atoms with Gasteiger partial charge in [-0.3, -0.25) is 4.79 Å². The van der Waals surface area contributed by atoms with Gasteiger partial charge in [-0.25, -0.2) is 9.18 Å². The number of likely N-dealkylation sites (tertiary alicyclic amines) is 1. The highest BCUT2D eigenvalue weighted by Crippen LogP contribution is 2.27. The van der Waals surface area contributed by atoms with Crippen LogP contribution >= 0.6 is 11.6 Å². The van der Waals surface area contributed by atoms with Crippen LogP contribution in [-0.2, 0) is 4.79 Å². The third kappa shape index (κ3) is 2.70. The summed E-state index contributed by atoms with van der Waals surface area (Å²) in [6, 6.07) is 3.34. The lowest BCUT2D eigenvalue weighted by Gasteiger charge is -2.23. The van der Waals surface area contributed by atoms with Gasteiger partial charge in [-0.15, -0.1) is 0 Å². The zero-order valence-corrected chi connectivity index (χ0v) is 11.5. The summed E-state index contributed by atoms with van der Waals surface area (Å²) in [5, 5.41) is 11.4. The molecule has 108 valence electrons. The Bertz CT molecular complexity index is 552. The van der Waals surface area contributed by atoms with E-state index in [4.69, 9.17) is 16.7 Å². The first-order chi connectivity index (χ1) is 9.41. The Morgan fingerprint density at radius 1 is 1.50 bits per heavy atom. The first-order valence-electron chi connectivity index (χ1n) is 6.16. The molecule has 0 saturated carbocycles. The summed E-state index contributed by atoms with van der Waals surface area (Å²) in [5.41, 5.74) is -0.0199. The van der Waals surface area contributed by atoms with Crippen LogP contribution in [0.5, 0.6) is 0 Å². The molecule has 0 radical (unpaired) electrons. The van der Waals surface area contributed by atoms with Crippen molar-refractivity contribution < 1.29 is 19.1 Å². The Balaban J connectivity index is 2.10. The molecule has 1 aromatic rings. The maximum absolute atomic E-state index is 13.7. The quantitative estimate of drug-likeness (QED) is 0.882. The molecule has 0 spiro atoms. The van der Waals surface area contributed by atoms with Crippen LogP contribution in [0.3, 0.4) is 0 Å². The van der Waals surface area contributed by atoms with Crippen LogP contribution < -0.4 is 5.32 Å². The fourth-order valence-corrected chi connectivity index (χ4v) is 2.52. The molecule has 1 aliphatic heterocycles. The number of carbonyl (C=O) groups is 2. The molecule has 1 saturated heterocycles. The number of urea groups is 1. The van der Waals surface area contributed by atoms with Crippen molar-refractivity contribution in [1.82, 2.24) is 4.90 Å². The third-order valence-corrected chi connectivity index (χ3v) is 3.82. The Labute approximate surface area is 120 Å². The third-order valence-electron chi connectivity index (χ3n) is 3.53. The first-order valence-corrected chi connectivity index (χ1v) is 6.54. The van der Waals surface area contributed by atoms with Gasteiger partial charge in [0, 0.05) is 12.6 Å². The lowest BCUT2D eigenvalue weighted by Crippen LogP contribution is -2.40. The van der Waals surface area contributed by atoms with Crippen molar-refractivity contribution in [2.24, 2.45) is 5.92 Å². The standard InChI is InChI=1S/C13H14ClFN2O3/c1-7-8(12(18)19)5-6-17(7)13(20)16-10-4-2-3-9(14)11(10)15/h2-4,7-8H,5-6H2,1H3,(H,16,20)(H,18,19). The molecule has 2 rings (SSSR count). The van der Waals surface area contributed by atoms with Crippen molar-refractivity contribution in [3.63, 3.8) is 0 Å². The van der Waals surface area contributed by atoms with Crippen LogP contribution in [0.1, 0.15) is 13.3 Å². The van der Waals surface area contributed by atoms with E-state index in [-0.39, 0.29) is 10.7 Å². The maximum atomic E-state index is 13.7. The van der Waals surface area contributed by atoms with Crippen molar-refractivity contribution in [1.29, 1.82) is 0 Å². The fraction of sp³-hybridized carbons (Fsp3) is 0.385. The van der Waals surface area contributed by atoms with Crippen LogP contribution in [0.4, 0.5) is 14.9 Å². The number of anilines is 1. The van der Waals surface area contributed by atoms with E-state index in [1.807, 2.05) is 0 Å². The van der Waals surface area contributed by atoms with Gasteiger partial charge >= 0.3 is 12.0 Å². The molecule has 1 heterocycles. The van der Waals surface area contributed by atoms with Gasteiger partial charge in [-0.05, 0) is 25.5 Å². The average Bonchev–Trinajstić information content (AvgIpc) is 2.77. The van der Waals surface area contributed by atoms with E-state index >= 15 is 0 Å². The molecule has 2 unspecified atom stereocenters. The number of carbonyl (C=O) groups excluding carboxylic acids is 1. The van der Waals surface area contributed by atoms with E-state index in [9.17, 15) is 14.0 Å². The number of hydrogen-bond donors (Lipinski definition) is 2. The molecule has 20 heavy (non-hydrogen) atoms. The zero-order chi connectivity index (χ0) is 14.9. The SMILES string of the molecule is CC1C(C(=O)O)CCN1C(=O)Nc1cccc(Cl)c1F. The first kappa shape index (κ1) is 14.6. The summed E-state index contributed by atoms with van der Waals surface area (Å²) in [6.07, 6.45) is 0.391. The largest absolute Gasteiger partial charge is 0.481 e. The minimum absolute atomic E-state index is 0.0199. The van der Waals surface area contributed by atoms with Crippen molar-refractivity contribution >= 4 is 29.3 Å². The molecular formula is C13H14ClFN2O3. The van der Waals surface area contributed by atoms with Gasteiger partial charge in [0.1, 0.15) is 0 Å². The zero-order valence-electron chi connectivity index (χ0n) is 10.8. The number of benzene rings is 1. The van der Waals surface area contributed by atoms with Gasteiger partial charge in [0.25, 0.3) is 0 Å². The van der Waals surface area contributed by atoms with Gasteiger partial charge in [-0.2, -0.15) is 0 Å². The number of nitrogens with one attached hydrogen (secondary N) is 1. The van der Waals surface area contributed by atoms with Crippen LogP contribution in [0.2, 0.25) is 5.02 Å². The minimum Gasteiger partial charge on any atom is -0.481 e. The number of carboxylic acids is 1. The van der Waals surface area contributed by atoms with E-state index < -0.39 is 29.8 Å². The van der Waals surface area contributed by atoms with E-state index in [0.717, 1.165) is 0 Å².